The number of hydrogen-bond acceptors (Lipinski definition) is 3. The van der Waals surface area contributed by atoms with Crippen LogP contribution in [0.3, 0.4) is 0 Å². The van der Waals surface area contributed by atoms with Gasteiger partial charge in [0, 0.05) is 30.2 Å². The molecule has 0 atom stereocenters. The molecule has 1 aliphatic rings. The Hall–Kier alpha value is -0.910. The van der Waals surface area contributed by atoms with Crippen molar-refractivity contribution in [3.63, 3.8) is 0 Å². The van der Waals surface area contributed by atoms with E-state index in [4.69, 9.17) is 11.6 Å². The highest BCUT2D eigenvalue weighted by Crippen LogP contribution is 2.29. The molecular weight excluding hydrogens is 328 g/mol. The van der Waals surface area contributed by atoms with E-state index in [1.54, 1.807) is 4.68 Å². The van der Waals surface area contributed by atoms with Crippen LogP contribution in [0.25, 0.3) is 11.3 Å². The molecule has 2 aromatic rings. The Balaban J connectivity index is 1.85. The fourth-order valence-electron chi connectivity index (χ4n) is 2.02. The Labute approximate surface area is 125 Å². The standard InChI is InChI=1S/C13H14BrClN4/c1-19-12(13(14)17-18-19)8-2-3-9(11(15)6-8)7-16-10-4-5-10/h2-3,6,10,16H,4-5,7H2,1H3. The summed E-state index contributed by atoms with van der Waals surface area (Å²) in [7, 11) is 1.86. The second-order valence-corrected chi connectivity index (χ2v) is 5.97. The van der Waals surface area contributed by atoms with E-state index in [2.05, 4.69) is 43.7 Å². The van der Waals surface area contributed by atoms with Crippen molar-refractivity contribution in [2.75, 3.05) is 0 Å². The van der Waals surface area contributed by atoms with Gasteiger partial charge in [0.2, 0.25) is 0 Å². The van der Waals surface area contributed by atoms with E-state index in [-0.39, 0.29) is 0 Å². The minimum Gasteiger partial charge on any atom is -0.310 e. The summed E-state index contributed by atoms with van der Waals surface area (Å²) in [5.74, 6) is 0. The van der Waals surface area contributed by atoms with Gasteiger partial charge in [-0.2, -0.15) is 0 Å². The predicted octanol–water partition coefficient (Wildman–Crippen LogP) is 3.15. The van der Waals surface area contributed by atoms with Gasteiger partial charge in [-0.1, -0.05) is 28.9 Å². The van der Waals surface area contributed by atoms with Gasteiger partial charge in [-0.05, 0) is 40.4 Å². The van der Waals surface area contributed by atoms with Gasteiger partial charge in [-0.25, -0.2) is 4.68 Å². The molecule has 0 radical (unpaired) electrons. The zero-order valence-corrected chi connectivity index (χ0v) is 12.9. The van der Waals surface area contributed by atoms with Gasteiger partial charge in [-0.15, -0.1) is 5.10 Å². The molecule has 19 heavy (non-hydrogen) atoms. The summed E-state index contributed by atoms with van der Waals surface area (Å²) < 4.78 is 2.47. The Morgan fingerprint density at radius 3 is 2.84 bits per heavy atom. The van der Waals surface area contributed by atoms with Crippen LogP contribution in [0.15, 0.2) is 22.8 Å². The van der Waals surface area contributed by atoms with Gasteiger partial charge >= 0.3 is 0 Å². The van der Waals surface area contributed by atoms with Crippen molar-refractivity contribution in [3.05, 3.63) is 33.4 Å². The molecule has 1 heterocycles. The van der Waals surface area contributed by atoms with Crippen LogP contribution in [0.2, 0.25) is 5.02 Å². The molecule has 0 bridgehead atoms. The number of halogens is 2. The maximum atomic E-state index is 6.35. The lowest BCUT2D eigenvalue weighted by Crippen LogP contribution is -2.15. The van der Waals surface area contributed by atoms with E-state index in [9.17, 15) is 0 Å². The summed E-state index contributed by atoms with van der Waals surface area (Å²) >= 11 is 9.75. The first-order chi connectivity index (χ1) is 9.15. The number of rotatable bonds is 4. The summed E-state index contributed by atoms with van der Waals surface area (Å²) in [5, 5.41) is 12.2. The van der Waals surface area contributed by atoms with Crippen molar-refractivity contribution in [1.29, 1.82) is 0 Å². The van der Waals surface area contributed by atoms with Crippen LogP contribution >= 0.6 is 27.5 Å². The monoisotopic (exact) mass is 340 g/mol. The molecule has 6 heteroatoms. The molecule has 4 nitrogen and oxygen atoms in total. The van der Waals surface area contributed by atoms with Crippen molar-refractivity contribution in [3.8, 4) is 11.3 Å². The highest BCUT2D eigenvalue weighted by Gasteiger charge is 2.20. The number of benzene rings is 1. The van der Waals surface area contributed by atoms with Gasteiger partial charge < -0.3 is 5.32 Å². The Kier molecular flexibility index (Phi) is 3.60. The van der Waals surface area contributed by atoms with E-state index in [1.807, 2.05) is 13.1 Å². The minimum atomic E-state index is 0.686. The lowest BCUT2D eigenvalue weighted by molar-refractivity contribution is 0.688. The predicted molar refractivity (Wildman–Crippen MR) is 79.0 cm³/mol. The van der Waals surface area contributed by atoms with Gasteiger partial charge in [-0.3, -0.25) is 0 Å². The fourth-order valence-corrected chi connectivity index (χ4v) is 2.82. The molecule has 0 spiro atoms. The molecule has 0 amide bonds. The number of nitrogens with zero attached hydrogens (tertiary/aromatic N) is 3. The minimum absolute atomic E-state index is 0.686. The Morgan fingerprint density at radius 2 is 2.26 bits per heavy atom. The quantitative estimate of drug-likeness (QED) is 0.929. The van der Waals surface area contributed by atoms with Crippen molar-refractivity contribution in [2.45, 2.75) is 25.4 Å². The van der Waals surface area contributed by atoms with Crippen LogP contribution < -0.4 is 5.32 Å². The zero-order valence-electron chi connectivity index (χ0n) is 10.5. The molecule has 1 fully saturated rings. The smallest absolute Gasteiger partial charge is 0.156 e. The van der Waals surface area contributed by atoms with Gasteiger partial charge in [0.15, 0.2) is 4.60 Å². The van der Waals surface area contributed by atoms with Crippen LogP contribution in [0.1, 0.15) is 18.4 Å². The zero-order chi connectivity index (χ0) is 13.4. The van der Waals surface area contributed by atoms with E-state index in [1.165, 1.54) is 12.8 Å². The number of hydrogen-bond donors (Lipinski definition) is 1. The number of nitrogens with one attached hydrogen (secondary N) is 1. The van der Waals surface area contributed by atoms with E-state index < -0.39 is 0 Å². The SMILES string of the molecule is Cn1nnc(Br)c1-c1ccc(CNC2CC2)c(Cl)c1. The molecule has 1 N–H and O–H groups in total. The highest BCUT2D eigenvalue weighted by atomic mass is 79.9. The third-order valence-electron chi connectivity index (χ3n) is 3.27. The average molecular weight is 342 g/mol. The molecule has 1 aromatic carbocycles. The van der Waals surface area contributed by atoms with Crippen LogP contribution in [0.4, 0.5) is 0 Å². The normalized spacial score (nSPS) is 14.9. The highest BCUT2D eigenvalue weighted by molar-refractivity contribution is 9.10. The average Bonchev–Trinajstić information content (AvgIpc) is 3.14. The summed E-state index contributed by atoms with van der Waals surface area (Å²) in [5.41, 5.74) is 3.08. The van der Waals surface area contributed by atoms with Crippen molar-refractivity contribution in [1.82, 2.24) is 20.3 Å². The second kappa shape index (κ2) is 5.23. The third kappa shape index (κ3) is 2.83. The Bertz CT molecular complexity index is 587. The summed E-state index contributed by atoms with van der Waals surface area (Å²) in [6, 6.07) is 6.77. The maximum absolute atomic E-state index is 6.35. The maximum Gasteiger partial charge on any atom is 0.156 e. The van der Waals surface area contributed by atoms with E-state index in [0.29, 0.717) is 6.04 Å². The lowest BCUT2D eigenvalue weighted by Gasteiger charge is -2.08. The van der Waals surface area contributed by atoms with E-state index in [0.717, 1.165) is 33.0 Å². The number of aryl methyl sites for hydroxylation is 1. The molecular formula is C13H14BrClN4. The topological polar surface area (TPSA) is 42.7 Å². The second-order valence-electron chi connectivity index (χ2n) is 4.81. The van der Waals surface area contributed by atoms with Gasteiger partial charge in [0.05, 0.1) is 0 Å². The molecule has 1 aromatic heterocycles. The molecule has 0 saturated heterocycles. The summed E-state index contributed by atoms with van der Waals surface area (Å²) in [6.45, 7) is 0.828. The molecule has 0 aliphatic heterocycles. The first kappa shape index (κ1) is 13.1. The van der Waals surface area contributed by atoms with Crippen LogP contribution in [-0.4, -0.2) is 21.0 Å². The van der Waals surface area contributed by atoms with Crippen LogP contribution in [-0.2, 0) is 13.6 Å². The van der Waals surface area contributed by atoms with Crippen LogP contribution in [0.5, 0.6) is 0 Å². The molecule has 1 saturated carbocycles. The third-order valence-corrected chi connectivity index (χ3v) is 4.16. The fraction of sp³-hybridized carbons (Fsp3) is 0.385. The molecule has 0 unspecified atom stereocenters. The lowest BCUT2D eigenvalue weighted by atomic mass is 10.1. The molecule has 3 rings (SSSR count). The molecule has 1 aliphatic carbocycles. The molecule has 100 valence electrons. The first-order valence-corrected chi connectivity index (χ1v) is 7.39. The van der Waals surface area contributed by atoms with Crippen molar-refractivity contribution in [2.24, 2.45) is 7.05 Å². The Morgan fingerprint density at radius 1 is 1.47 bits per heavy atom. The first-order valence-electron chi connectivity index (χ1n) is 6.22. The van der Waals surface area contributed by atoms with Crippen molar-refractivity contribution < 1.29 is 0 Å². The summed E-state index contributed by atoms with van der Waals surface area (Å²) in [4.78, 5) is 0. The van der Waals surface area contributed by atoms with E-state index >= 15 is 0 Å². The van der Waals surface area contributed by atoms with Gasteiger partial charge in [0.1, 0.15) is 5.69 Å². The number of aromatic nitrogens is 3. The summed E-state index contributed by atoms with van der Waals surface area (Å²) in [6.07, 6.45) is 2.56. The van der Waals surface area contributed by atoms with Crippen LogP contribution in [0, 0.1) is 0 Å². The van der Waals surface area contributed by atoms with Gasteiger partial charge in [0.25, 0.3) is 0 Å². The largest absolute Gasteiger partial charge is 0.310 e. The van der Waals surface area contributed by atoms with Crippen molar-refractivity contribution >= 4 is 27.5 Å².